The SMILES string of the molecule is C=C1C(O)C/C(=C\C=C2/CCCC3(C)C2CCC3[C@H](C)[C@H](C)CCC(C)(C)O)C[C@H]1O. The van der Waals surface area contributed by atoms with Crippen LogP contribution in [-0.4, -0.2) is 33.1 Å². The van der Waals surface area contributed by atoms with Crippen LogP contribution in [0.15, 0.2) is 35.5 Å². The maximum absolute atomic E-state index is 10.2. The van der Waals surface area contributed by atoms with Gasteiger partial charge < -0.3 is 15.3 Å². The van der Waals surface area contributed by atoms with E-state index in [0.29, 0.717) is 41.6 Å². The molecular weight excluding hydrogens is 384 g/mol. The summed E-state index contributed by atoms with van der Waals surface area (Å²) < 4.78 is 0. The van der Waals surface area contributed by atoms with Crippen LogP contribution in [0.2, 0.25) is 0 Å². The monoisotopic (exact) mass is 430 g/mol. The molecule has 0 aromatic carbocycles. The molecule has 4 unspecified atom stereocenters. The lowest BCUT2D eigenvalue weighted by Crippen LogP contribution is -2.37. The quantitative estimate of drug-likeness (QED) is 0.456. The summed E-state index contributed by atoms with van der Waals surface area (Å²) in [5, 5.41) is 30.5. The Morgan fingerprint density at radius 3 is 2.39 bits per heavy atom. The maximum Gasteiger partial charge on any atom is 0.0809 e. The lowest BCUT2D eigenvalue weighted by Gasteiger charge is -2.45. The highest BCUT2D eigenvalue weighted by Crippen LogP contribution is 2.60. The number of aliphatic hydroxyl groups is 3. The molecule has 3 aliphatic carbocycles. The summed E-state index contributed by atoms with van der Waals surface area (Å²) in [4.78, 5) is 0. The molecule has 0 aliphatic heterocycles. The van der Waals surface area contributed by atoms with E-state index in [9.17, 15) is 15.3 Å². The molecule has 3 nitrogen and oxygen atoms in total. The van der Waals surface area contributed by atoms with Crippen LogP contribution < -0.4 is 0 Å². The van der Waals surface area contributed by atoms with Crippen LogP contribution in [0.25, 0.3) is 0 Å². The zero-order valence-corrected chi connectivity index (χ0v) is 20.5. The fourth-order valence-corrected chi connectivity index (χ4v) is 6.81. The standard InChI is InChI=1S/C28H46O3/c1-18(13-15-27(4,5)31)19(2)23-11-12-24-22(8-7-14-28(23,24)6)10-9-21-16-25(29)20(3)26(30)17-21/h9-10,18-19,23-26,29-31H,3,7-8,11-17H2,1-2,4-6H3/b21-9-,22-10+/t18-,19-,23?,24?,25-,26?,28?/m1/s1. The molecule has 7 atom stereocenters. The van der Waals surface area contributed by atoms with Crippen molar-refractivity contribution < 1.29 is 15.3 Å². The second-order valence-electron chi connectivity index (χ2n) is 11.9. The number of hydrogen-bond acceptors (Lipinski definition) is 3. The van der Waals surface area contributed by atoms with E-state index in [2.05, 4.69) is 39.5 Å². The Hall–Kier alpha value is -0.900. The molecule has 3 heteroatoms. The van der Waals surface area contributed by atoms with E-state index in [-0.39, 0.29) is 0 Å². The van der Waals surface area contributed by atoms with Gasteiger partial charge in [0.2, 0.25) is 0 Å². The first-order valence-electron chi connectivity index (χ1n) is 12.6. The third kappa shape index (κ3) is 5.54. The van der Waals surface area contributed by atoms with Crippen molar-refractivity contribution in [2.45, 2.75) is 110 Å². The van der Waals surface area contributed by atoms with Gasteiger partial charge in [-0.15, -0.1) is 0 Å². The molecule has 0 aromatic rings. The molecule has 0 aromatic heterocycles. The van der Waals surface area contributed by atoms with Crippen LogP contribution in [0, 0.1) is 29.1 Å². The molecule has 0 saturated heterocycles. The van der Waals surface area contributed by atoms with Gasteiger partial charge in [0.05, 0.1) is 17.8 Å². The number of fused-ring (bicyclic) bond motifs is 1. The van der Waals surface area contributed by atoms with Crippen molar-refractivity contribution in [2.24, 2.45) is 29.1 Å². The number of hydrogen-bond donors (Lipinski definition) is 3. The van der Waals surface area contributed by atoms with Gasteiger partial charge in [-0.3, -0.25) is 0 Å². The van der Waals surface area contributed by atoms with Gasteiger partial charge in [-0.2, -0.15) is 0 Å². The Morgan fingerprint density at radius 2 is 1.77 bits per heavy atom. The Bertz CT molecular complexity index is 696. The molecular formula is C28H46O3. The van der Waals surface area contributed by atoms with Crippen molar-refractivity contribution in [3.05, 3.63) is 35.5 Å². The van der Waals surface area contributed by atoms with Crippen molar-refractivity contribution >= 4 is 0 Å². The first kappa shape index (κ1) is 24.7. The van der Waals surface area contributed by atoms with E-state index in [4.69, 9.17) is 0 Å². The first-order chi connectivity index (χ1) is 14.4. The number of allylic oxidation sites excluding steroid dienone is 3. The van der Waals surface area contributed by atoms with Crippen molar-refractivity contribution in [1.82, 2.24) is 0 Å². The summed E-state index contributed by atoms with van der Waals surface area (Å²) in [7, 11) is 0. The van der Waals surface area contributed by atoms with Gasteiger partial charge in [0.15, 0.2) is 0 Å². The Morgan fingerprint density at radius 1 is 1.13 bits per heavy atom. The summed E-state index contributed by atoms with van der Waals surface area (Å²) in [6.07, 6.45) is 12.8. The molecule has 176 valence electrons. The highest BCUT2D eigenvalue weighted by Gasteiger charge is 2.51. The Labute approximate surface area is 190 Å². The topological polar surface area (TPSA) is 60.7 Å². The minimum Gasteiger partial charge on any atom is -0.390 e. The Kier molecular flexibility index (Phi) is 7.61. The summed E-state index contributed by atoms with van der Waals surface area (Å²) >= 11 is 0. The third-order valence-electron chi connectivity index (χ3n) is 9.08. The van der Waals surface area contributed by atoms with Crippen LogP contribution in [0.3, 0.4) is 0 Å². The minimum atomic E-state index is -0.618. The molecule has 0 heterocycles. The molecule has 3 N–H and O–H groups in total. The second kappa shape index (κ2) is 9.53. The average Bonchev–Trinajstić information content (AvgIpc) is 3.04. The molecule has 3 aliphatic rings. The summed E-state index contributed by atoms with van der Waals surface area (Å²) in [5.74, 6) is 2.69. The minimum absolute atomic E-state index is 0.366. The van der Waals surface area contributed by atoms with E-state index >= 15 is 0 Å². The number of aliphatic hydroxyl groups excluding tert-OH is 2. The zero-order chi connectivity index (χ0) is 23.0. The molecule has 0 radical (unpaired) electrons. The molecule has 31 heavy (non-hydrogen) atoms. The largest absolute Gasteiger partial charge is 0.390 e. The van der Waals surface area contributed by atoms with Crippen molar-refractivity contribution in [3.63, 3.8) is 0 Å². The van der Waals surface area contributed by atoms with Crippen LogP contribution in [-0.2, 0) is 0 Å². The van der Waals surface area contributed by atoms with Crippen LogP contribution in [0.1, 0.15) is 92.4 Å². The van der Waals surface area contributed by atoms with Crippen LogP contribution in [0.4, 0.5) is 0 Å². The predicted octanol–water partition coefficient (Wildman–Crippen LogP) is 5.95. The Balaban J connectivity index is 1.71. The van der Waals surface area contributed by atoms with Crippen molar-refractivity contribution in [3.8, 4) is 0 Å². The van der Waals surface area contributed by atoms with Crippen LogP contribution >= 0.6 is 0 Å². The van der Waals surface area contributed by atoms with Gasteiger partial charge in [-0.05, 0) is 106 Å². The molecule has 0 bridgehead atoms. The third-order valence-corrected chi connectivity index (χ3v) is 9.08. The zero-order valence-electron chi connectivity index (χ0n) is 20.5. The normalized spacial score (nSPS) is 39.0. The van der Waals surface area contributed by atoms with E-state index < -0.39 is 17.8 Å². The van der Waals surface area contributed by atoms with E-state index in [0.717, 1.165) is 24.3 Å². The predicted molar refractivity (Wildman–Crippen MR) is 129 cm³/mol. The van der Waals surface area contributed by atoms with Gasteiger partial charge in [-0.1, -0.05) is 50.6 Å². The highest BCUT2D eigenvalue weighted by atomic mass is 16.3. The van der Waals surface area contributed by atoms with Crippen LogP contribution in [0.5, 0.6) is 0 Å². The summed E-state index contributed by atoms with van der Waals surface area (Å²) in [6.45, 7) is 15.0. The second-order valence-corrected chi connectivity index (χ2v) is 11.9. The van der Waals surface area contributed by atoms with Crippen molar-refractivity contribution in [1.29, 1.82) is 0 Å². The molecule has 3 rings (SSSR count). The molecule has 3 fully saturated rings. The van der Waals surface area contributed by atoms with E-state index in [1.807, 2.05) is 13.8 Å². The van der Waals surface area contributed by atoms with Gasteiger partial charge in [-0.25, -0.2) is 0 Å². The summed E-state index contributed by atoms with van der Waals surface area (Å²) in [6, 6.07) is 0. The smallest absolute Gasteiger partial charge is 0.0809 e. The molecule has 0 spiro atoms. The van der Waals surface area contributed by atoms with E-state index in [1.54, 1.807) is 5.57 Å². The maximum atomic E-state index is 10.2. The van der Waals surface area contributed by atoms with Gasteiger partial charge in [0.1, 0.15) is 0 Å². The lowest BCUT2D eigenvalue weighted by molar-refractivity contribution is 0.0447. The average molecular weight is 431 g/mol. The van der Waals surface area contributed by atoms with E-state index in [1.165, 1.54) is 32.1 Å². The fraction of sp³-hybridized carbons (Fsp3) is 0.786. The fourth-order valence-electron chi connectivity index (χ4n) is 6.81. The molecule has 0 amide bonds. The lowest BCUT2D eigenvalue weighted by atomic mass is 9.59. The van der Waals surface area contributed by atoms with Crippen molar-refractivity contribution in [2.75, 3.05) is 0 Å². The number of rotatable bonds is 6. The molecule has 3 saturated carbocycles. The summed E-state index contributed by atoms with van der Waals surface area (Å²) in [5.41, 5.74) is 3.06. The van der Waals surface area contributed by atoms with Gasteiger partial charge >= 0.3 is 0 Å². The van der Waals surface area contributed by atoms with Gasteiger partial charge in [0, 0.05) is 0 Å². The highest BCUT2D eigenvalue weighted by molar-refractivity contribution is 5.29. The van der Waals surface area contributed by atoms with Gasteiger partial charge in [0.25, 0.3) is 0 Å². The first-order valence-corrected chi connectivity index (χ1v) is 12.6.